The molecule has 152 valence electrons. The van der Waals surface area contributed by atoms with Gasteiger partial charge >= 0.3 is 0 Å². The van der Waals surface area contributed by atoms with Gasteiger partial charge in [0.2, 0.25) is 4.77 Å². The van der Waals surface area contributed by atoms with Crippen LogP contribution in [-0.2, 0) is 19.8 Å². The second-order valence-electron chi connectivity index (χ2n) is 7.29. The monoisotopic (exact) mass is 417 g/mol. The smallest absolute Gasteiger partial charge is 0.203 e. The molecule has 2 aromatic heterocycles. The van der Waals surface area contributed by atoms with Gasteiger partial charge in [0, 0.05) is 23.9 Å². The summed E-state index contributed by atoms with van der Waals surface area (Å²) in [6.07, 6.45) is 5.84. The van der Waals surface area contributed by atoms with Crippen LogP contribution in [-0.4, -0.2) is 31.2 Å². The first-order valence-electron chi connectivity index (χ1n) is 9.90. The highest BCUT2D eigenvalue weighted by atomic mass is 32.1. The van der Waals surface area contributed by atoms with Crippen molar-refractivity contribution in [2.24, 2.45) is 0 Å². The van der Waals surface area contributed by atoms with Crippen LogP contribution in [0.4, 0.5) is 0 Å². The summed E-state index contributed by atoms with van der Waals surface area (Å²) < 4.78 is 6.53. The zero-order valence-corrected chi connectivity index (χ0v) is 17.8. The van der Waals surface area contributed by atoms with Gasteiger partial charge in [0.1, 0.15) is 6.54 Å². The number of hydrogen-bond donors (Lipinski definition) is 1. The Labute approximate surface area is 181 Å². The molecule has 0 saturated carbocycles. The van der Waals surface area contributed by atoms with Gasteiger partial charge < -0.3 is 4.90 Å². The molecule has 1 unspecified atom stereocenters. The first kappa shape index (κ1) is 20.0. The summed E-state index contributed by atoms with van der Waals surface area (Å²) in [5, 5.41) is 9.31. The van der Waals surface area contributed by atoms with Crippen LogP contribution in [0.1, 0.15) is 5.56 Å². The molecule has 2 aromatic carbocycles. The molecule has 7 heteroatoms. The summed E-state index contributed by atoms with van der Waals surface area (Å²) in [5.74, 6) is 0.866. The fourth-order valence-corrected chi connectivity index (χ4v) is 3.74. The van der Waals surface area contributed by atoms with Gasteiger partial charge in [-0.2, -0.15) is 9.78 Å². The second kappa shape index (κ2) is 9.02. The number of allylic oxidation sites excluding steroid dienone is 1. The number of aromatic nitrogens is 5. The quantitative estimate of drug-likeness (QED) is 0.354. The van der Waals surface area contributed by atoms with Crippen molar-refractivity contribution < 1.29 is 4.90 Å². The molecule has 4 aromatic rings. The predicted octanol–water partition coefficient (Wildman–Crippen LogP) is 3.13. The highest BCUT2D eigenvalue weighted by Gasteiger charge is 2.15. The van der Waals surface area contributed by atoms with Gasteiger partial charge in [-0.1, -0.05) is 54.6 Å². The van der Waals surface area contributed by atoms with E-state index in [1.165, 1.54) is 4.90 Å². The highest BCUT2D eigenvalue weighted by molar-refractivity contribution is 7.71. The van der Waals surface area contributed by atoms with Gasteiger partial charge in [0.15, 0.2) is 12.5 Å². The number of rotatable bonds is 8. The van der Waals surface area contributed by atoms with Crippen molar-refractivity contribution in [2.45, 2.75) is 19.8 Å². The summed E-state index contributed by atoms with van der Waals surface area (Å²) in [4.78, 5) is 1.27. The zero-order valence-electron chi connectivity index (χ0n) is 17.0. The van der Waals surface area contributed by atoms with Gasteiger partial charge in [-0.3, -0.25) is 4.57 Å². The fraction of sp³-hybridized carbons (Fsp3) is 0.174. The molecule has 1 N–H and O–H groups in total. The lowest BCUT2D eigenvalue weighted by molar-refractivity contribution is -0.917. The molecule has 0 spiro atoms. The van der Waals surface area contributed by atoms with E-state index >= 15 is 0 Å². The van der Waals surface area contributed by atoms with Crippen molar-refractivity contribution in [3.05, 3.63) is 96.0 Å². The molecule has 0 aliphatic rings. The average molecular weight is 418 g/mol. The Morgan fingerprint density at radius 1 is 1.07 bits per heavy atom. The Hall–Kier alpha value is -3.29. The second-order valence-corrected chi connectivity index (χ2v) is 7.66. The Balaban J connectivity index is 1.52. The van der Waals surface area contributed by atoms with E-state index in [-0.39, 0.29) is 0 Å². The number of benzene rings is 2. The SMILES string of the molecule is C=CCn1c(-c2ccccc2)nn(C[NH+](C)Cc2cnn(-c3ccccc3)c2)c1=S. The zero-order chi connectivity index (χ0) is 20.9. The van der Waals surface area contributed by atoms with Gasteiger partial charge in [0.05, 0.1) is 18.9 Å². The summed E-state index contributed by atoms with van der Waals surface area (Å²) in [6.45, 7) is 5.99. The maximum Gasteiger partial charge on any atom is 0.203 e. The lowest BCUT2D eigenvalue weighted by Gasteiger charge is -2.12. The third-order valence-corrected chi connectivity index (χ3v) is 5.28. The molecular formula is C23H25N6S+. The molecule has 6 nitrogen and oxygen atoms in total. The number of quaternary nitrogens is 1. The lowest BCUT2D eigenvalue weighted by atomic mass is 10.2. The Morgan fingerprint density at radius 2 is 1.77 bits per heavy atom. The molecule has 0 saturated heterocycles. The highest BCUT2D eigenvalue weighted by Crippen LogP contribution is 2.17. The van der Waals surface area contributed by atoms with E-state index in [0.29, 0.717) is 18.0 Å². The topological polar surface area (TPSA) is 45.0 Å². The summed E-state index contributed by atoms with van der Waals surface area (Å²) in [5.41, 5.74) is 3.27. The van der Waals surface area contributed by atoms with Gasteiger partial charge in [-0.15, -0.1) is 11.7 Å². The molecule has 4 rings (SSSR count). The van der Waals surface area contributed by atoms with E-state index in [0.717, 1.165) is 29.2 Å². The molecule has 0 aliphatic heterocycles. The summed E-state index contributed by atoms with van der Waals surface area (Å²) in [6, 6.07) is 20.2. The van der Waals surface area contributed by atoms with Crippen LogP contribution in [0.5, 0.6) is 0 Å². The van der Waals surface area contributed by atoms with Crippen molar-refractivity contribution in [3.63, 3.8) is 0 Å². The Morgan fingerprint density at radius 3 is 2.47 bits per heavy atom. The molecule has 0 bridgehead atoms. The largest absolute Gasteiger partial charge is 0.315 e. The molecule has 2 heterocycles. The van der Waals surface area contributed by atoms with Gasteiger partial charge in [-0.05, 0) is 24.4 Å². The van der Waals surface area contributed by atoms with Crippen LogP contribution < -0.4 is 4.90 Å². The molecular weight excluding hydrogens is 392 g/mol. The molecule has 0 amide bonds. The summed E-state index contributed by atoms with van der Waals surface area (Å²) >= 11 is 5.72. The van der Waals surface area contributed by atoms with E-state index in [9.17, 15) is 0 Å². The maximum absolute atomic E-state index is 5.72. The Kier molecular flexibility index (Phi) is 6.02. The standard InChI is InChI=1S/C23H24N6S/c1-3-14-27-22(20-10-6-4-7-11-20)25-29(23(27)30)18-26(2)16-19-15-24-28(17-19)21-12-8-5-9-13-21/h3-13,15,17H,1,14,16,18H2,2H3/p+1. The number of hydrogen-bond acceptors (Lipinski definition) is 3. The minimum Gasteiger partial charge on any atom is -0.315 e. The van der Waals surface area contributed by atoms with Crippen molar-refractivity contribution in [3.8, 4) is 17.1 Å². The van der Waals surface area contributed by atoms with Crippen molar-refractivity contribution in [2.75, 3.05) is 7.05 Å². The number of nitrogens with one attached hydrogen (secondary N) is 1. The first-order chi connectivity index (χ1) is 14.7. The van der Waals surface area contributed by atoms with Gasteiger partial charge in [-0.25, -0.2) is 4.68 Å². The number of nitrogens with zero attached hydrogens (tertiary/aromatic N) is 5. The van der Waals surface area contributed by atoms with Crippen LogP contribution in [0.3, 0.4) is 0 Å². The normalized spacial score (nSPS) is 12.0. The predicted molar refractivity (Wildman–Crippen MR) is 121 cm³/mol. The van der Waals surface area contributed by atoms with E-state index < -0.39 is 0 Å². The maximum atomic E-state index is 5.72. The Bertz CT molecular complexity index is 1170. The molecule has 1 atom stereocenters. The fourth-order valence-electron chi connectivity index (χ4n) is 3.47. The van der Waals surface area contributed by atoms with Crippen molar-refractivity contribution in [1.82, 2.24) is 24.1 Å². The molecule has 0 aliphatic carbocycles. The van der Waals surface area contributed by atoms with E-state index in [1.807, 2.05) is 74.7 Å². The van der Waals surface area contributed by atoms with Crippen molar-refractivity contribution >= 4 is 12.2 Å². The average Bonchev–Trinajstić information content (AvgIpc) is 3.35. The number of para-hydroxylation sites is 1. The van der Waals surface area contributed by atoms with Crippen LogP contribution in [0.25, 0.3) is 17.1 Å². The van der Waals surface area contributed by atoms with E-state index in [2.05, 4.69) is 37.1 Å². The summed E-state index contributed by atoms with van der Waals surface area (Å²) in [7, 11) is 2.14. The van der Waals surface area contributed by atoms with Crippen LogP contribution in [0.2, 0.25) is 0 Å². The lowest BCUT2D eigenvalue weighted by Crippen LogP contribution is -3.07. The minimum absolute atomic E-state index is 0.631. The third kappa shape index (κ3) is 4.32. The van der Waals surface area contributed by atoms with E-state index in [1.54, 1.807) is 0 Å². The van der Waals surface area contributed by atoms with Crippen LogP contribution in [0, 0.1) is 4.77 Å². The van der Waals surface area contributed by atoms with E-state index in [4.69, 9.17) is 17.3 Å². The van der Waals surface area contributed by atoms with Crippen LogP contribution in [0.15, 0.2) is 85.7 Å². The molecule has 0 fully saturated rings. The van der Waals surface area contributed by atoms with Crippen LogP contribution >= 0.6 is 12.2 Å². The molecule has 0 radical (unpaired) electrons. The van der Waals surface area contributed by atoms with Crippen molar-refractivity contribution in [1.29, 1.82) is 0 Å². The minimum atomic E-state index is 0.631. The molecule has 30 heavy (non-hydrogen) atoms. The van der Waals surface area contributed by atoms with Gasteiger partial charge in [0.25, 0.3) is 0 Å². The first-order valence-corrected chi connectivity index (χ1v) is 10.3. The third-order valence-electron chi connectivity index (χ3n) is 4.85.